The van der Waals surface area contributed by atoms with Crippen LogP contribution in [-0.2, 0) is 6.54 Å². The van der Waals surface area contributed by atoms with E-state index in [0.717, 1.165) is 39.3 Å². The number of hydrogen-bond acceptors (Lipinski definition) is 2. The number of aliphatic hydroxyl groups excluding tert-OH is 2. The lowest BCUT2D eigenvalue weighted by Crippen LogP contribution is -3.28. The van der Waals surface area contributed by atoms with Crippen LogP contribution in [0.15, 0.2) is 48.5 Å². The van der Waals surface area contributed by atoms with Crippen molar-refractivity contribution in [2.24, 2.45) is 0 Å². The number of para-hydroxylation sites is 2. The molecule has 4 N–H and O–H groups in total. The highest BCUT2D eigenvalue weighted by atomic mass is 16.3. The van der Waals surface area contributed by atoms with Gasteiger partial charge in [0.1, 0.15) is 45.4 Å². The number of nitrogens with zero attached hydrogens (tertiary/aromatic N) is 1. The van der Waals surface area contributed by atoms with Crippen LogP contribution in [-0.4, -0.2) is 66.8 Å². The molecule has 1 aromatic heterocycles. The number of fused-ring (bicyclic) bond motifs is 3. The van der Waals surface area contributed by atoms with Crippen molar-refractivity contribution in [1.29, 1.82) is 0 Å². The predicted octanol–water partition coefficient (Wildman–Crippen LogP) is -1.07. The minimum absolute atomic E-state index is 0.265. The second-order valence-corrected chi connectivity index (χ2v) is 7.48. The minimum atomic E-state index is -0.358. The molecule has 0 spiro atoms. The van der Waals surface area contributed by atoms with E-state index < -0.39 is 0 Å². The molecular formula is C21H29N3O2+2. The van der Waals surface area contributed by atoms with Gasteiger partial charge in [0.2, 0.25) is 0 Å². The number of hydrogen-bond donors (Lipinski definition) is 4. The second-order valence-electron chi connectivity index (χ2n) is 7.48. The molecule has 3 aromatic rings. The average molecular weight is 355 g/mol. The minimum Gasteiger partial charge on any atom is -0.391 e. The van der Waals surface area contributed by atoms with E-state index in [-0.39, 0.29) is 12.7 Å². The molecule has 1 aliphatic heterocycles. The third-order valence-corrected chi connectivity index (χ3v) is 5.73. The summed E-state index contributed by atoms with van der Waals surface area (Å²) in [6.45, 7) is 6.82. The van der Waals surface area contributed by atoms with Crippen LogP contribution in [0.1, 0.15) is 0 Å². The molecule has 0 saturated carbocycles. The summed E-state index contributed by atoms with van der Waals surface area (Å²) in [7, 11) is 0. The van der Waals surface area contributed by atoms with Crippen LogP contribution in [0, 0.1) is 0 Å². The number of aliphatic hydroxyl groups is 2. The fourth-order valence-corrected chi connectivity index (χ4v) is 4.38. The largest absolute Gasteiger partial charge is 0.391 e. The summed E-state index contributed by atoms with van der Waals surface area (Å²) < 4.78 is 2.27. The Kier molecular flexibility index (Phi) is 5.22. The fourth-order valence-electron chi connectivity index (χ4n) is 4.38. The maximum Gasteiger partial charge on any atom is 0.127 e. The van der Waals surface area contributed by atoms with Crippen molar-refractivity contribution in [1.82, 2.24) is 4.57 Å². The van der Waals surface area contributed by atoms with Gasteiger partial charge in [0.25, 0.3) is 0 Å². The molecule has 1 atom stereocenters. The molecule has 2 aromatic carbocycles. The Morgan fingerprint density at radius 1 is 0.846 bits per heavy atom. The zero-order valence-corrected chi connectivity index (χ0v) is 15.2. The van der Waals surface area contributed by atoms with E-state index >= 15 is 0 Å². The molecule has 1 saturated heterocycles. The Balaban J connectivity index is 1.48. The molecule has 138 valence electrons. The molecule has 0 amide bonds. The van der Waals surface area contributed by atoms with E-state index in [4.69, 9.17) is 5.11 Å². The maximum atomic E-state index is 10.8. The monoisotopic (exact) mass is 355 g/mol. The van der Waals surface area contributed by atoms with Gasteiger partial charge in [-0.2, -0.15) is 0 Å². The van der Waals surface area contributed by atoms with Gasteiger partial charge in [-0.1, -0.05) is 36.4 Å². The first-order chi connectivity index (χ1) is 12.8. The molecule has 0 radical (unpaired) electrons. The van der Waals surface area contributed by atoms with Gasteiger partial charge >= 0.3 is 0 Å². The highest BCUT2D eigenvalue weighted by molar-refractivity contribution is 6.07. The lowest BCUT2D eigenvalue weighted by Gasteiger charge is -2.30. The van der Waals surface area contributed by atoms with E-state index in [0.29, 0.717) is 6.54 Å². The Hall–Kier alpha value is -1.92. The maximum absolute atomic E-state index is 10.8. The molecule has 26 heavy (non-hydrogen) atoms. The normalized spacial score (nSPS) is 22.1. The Morgan fingerprint density at radius 2 is 1.38 bits per heavy atom. The van der Waals surface area contributed by atoms with Crippen LogP contribution in [0.3, 0.4) is 0 Å². The first-order valence-corrected chi connectivity index (χ1v) is 9.68. The standard InChI is InChI=1S/C21H27N3O2/c25-14-13-22-9-11-23(12-10-22)15-17(26)16-24-20-7-3-1-5-18(20)19-6-2-4-8-21(19)24/h1-8,17,25-26H,9-16H2/p+2/t17-/m1/s1. The summed E-state index contributed by atoms with van der Waals surface area (Å²) in [4.78, 5) is 2.95. The molecule has 0 bridgehead atoms. The molecule has 5 nitrogen and oxygen atoms in total. The summed E-state index contributed by atoms with van der Waals surface area (Å²) in [5, 5.41) is 22.4. The van der Waals surface area contributed by atoms with E-state index in [1.165, 1.54) is 31.6 Å². The predicted molar refractivity (Wildman–Crippen MR) is 104 cm³/mol. The third-order valence-electron chi connectivity index (χ3n) is 5.73. The van der Waals surface area contributed by atoms with Gasteiger partial charge in [-0.15, -0.1) is 0 Å². The summed E-state index contributed by atoms with van der Waals surface area (Å²) in [6.07, 6.45) is -0.358. The van der Waals surface area contributed by atoms with Crippen LogP contribution < -0.4 is 9.80 Å². The number of aromatic nitrogens is 1. The molecule has 2 heterocycles. The van der Waals surface area contributed by atoms with Crippen molar-refractivity contribution < 1.29 is 20.0 Å². The summed E-state index contributed by atoms with van der Waals surface area (Å²) in [5.74, 6) is 0. The number of nitrogens with one attached hydrogen (secondary N) is 2. The zero-order valence-electron chi connectivity index (χ0n) is 15.2. The van der Waals surface area contributed by atoms with E-state index in [9.17, 15) is 5.11 Å². The quantitative estimate of drug-likeness (QED) is 0.455. The lowest BCUT2D eigenvalue weighted by atomic mass is 10.2. The Bertz CT molecular complexity index is 815. The van der Waals surface area contributed by atoms with Gasteiger partial charge in [-0.05, 0) is 12.1 Å². The molecule has 0 unspecified atom stereocenters. The number of piperazine rings is 1. The summed E-state index contributed by atoms with van der Waals surface area (Å²) >= 11 is 0. The Labute approximate surface area is 154 Å². The van der Waals surface area contributed by atoms with Gasteiger partial charge in [-0.25, -0.2) is 0 Å². The van der Waals surface area contributed by atoms with E-state index in [1.54, 1.807) is 0 Å². The van der Waals surface area contributed by atoms with Crippen LogP contribution >= 0.6 is 0 Å². The molecular weight excluding hydrogens is 326 g/mol. The van der Waals surface area contributed by atoms with Crippen LogP contribution in [0.2, 0.25) is 0 Å². The van der Waals surface area contributed by atoms with Gasteiger partial charge in [0.05, 0.1) is 13.2 Å². The van der Waals surface area contributed by atoms with Gasteiger partial charge in [-0.3, -0.25) is 0 Å². The highest BCUT2D eigenvalue weighted by Crippen LogP contribution is 2.28. The lowest BCUT2D eigenvalue weighted by molar-refractivity contribution is -1.01. The number of rotatable bonds is 6. The third kappa shape index (κ3) is 3.48. The molecule has 4 rings (SSSR count). The van der Waals surface area contributed by atoms with Crippen LogP contribution in [0.4, 0.5) is 0 Å². The zero-order chi connectivity index (χ0) is 17.9. The fraction of sp³-hybridized carbons (Fsp3) is 0.429. The highest BCUT2D eigenvalue weighted by Gasteiger charge is 2.25. The van der Waals surface area contributed by atoms with Gasteiger partial charge < -0.3 is 24.6 Å². The molecule has 1 fully saturated rings. The van der Waals surface area contributed by atoms with E-state index in [2.05, 4.69) is 53.1 Å². The van der Waals surface area contributed by atoms with Crippen LogP contribution in [0.5, 0.6) is 0 Å². The smallest absolute Gasteiger partial charge is 0.127 e. The van der Waals surface area contributed by atoms with E-state index in [1.807, 2.05) is 0 Å². The number of benzene rings is 2. The topological polar surface area (TPSA) is 54.3 Å². The van der Waals surface area contributed by atoms with Crippen molar-refractivity contribution >= 4 is 21.8 Å². The van der Waals surface area contributed by atoms with Gasteiger partial charge in [0, 0.05) is 21.8 Å². The van der Waals surface area contributed by atoms with Crippen molar-refractivity contribution in [3.05, 3.63) is 48.5 Å². The van der Waals surface area contributed by atoms with Crippen molar-refractivity contribution in [2.45, 2.75) is 12.6 Å². The van der Waals surface area contributed by atoms with Gasteiger partial charge in [0.15, 0.2) is 0 Å². The molecule has 1 aliphatic rings. The molecule has 0 aliphatic carbocycles. The summed E-state index contributed by atoms with van der Waals surface area (Å²) in [6, 6.07) is 16.9. The SMILES string of the molecule is OCC[NH+]1CC[NH+](C[C@@H](O)Cn2c3ccccc3c3ccccc32)CC1. The summed E-state index contributed by atoms with van der Waals surface area (Å²) in [5.41, 5.74) is 2.39. The first kappa shape index (κ1) is 17.5. The number of quaternary nitrogens is 2. The second kappa shape index (κ2) is 7.76. The average Bonchev–Trinajstić information content (AvgIpc) is 2.98. The van der Waals surface area contributed by atoms with Crippen molar-refractivity contribution in [3.63, 3.8) is 0 Å². The van der Waals surface area contributed by atoms with Crippen molar-refractivity contribution in [3.8, 4) is 0 Å². The molecule has 5 heteroatoms. The Morgan fingerprint density at radius 3 is 1.96 bits per heavy atom. The van der Waals surface area contributed by atoms with Crippen molar-refractivity contribution in [2.75, 3.05) is 45.9 Å². The first-order valence-electron chi connectivity index (χ1n) is 9.68. The van der Waals surface area contributed by atoms with Crippen LogP contribution in [0.25, 0.3) is 21.8 Å².